The van der Waals surface area contributed by atoms with Crippen molar-refractivity contribution in [2.45, 2.75) is 13.1 Å². The van der Waals surface area contributed by atoms with Crippen LogP contribution >= 0.6 is 27.5 Å². The van der Waals surface area contributed by atoms with Crippen molar-refractivity contribution in [2.75, 3.05) is 17.7 Å². The number of hydrogen-bond donors (Lipinski definition) is 1. The maximum Gasteiger partial charge on any atom is 0.419 e. The van der Waals surface area contributed by atoms with Gasteiger partial charge in [-0.3, -0.25) is 0 Å². The molecule has 0 aliphatic heterocycles. The van der Waals surface area contributed by atoms with Crippen molar-refractivity contribution in [1.82, 2.24) is 4.98 Å². The third-order valence-electron chi connectivity index (χ3n) is 2.04. The minimum Gasteiger partial charge on any atom is -0.369 e. The zero-order valence-corrected chi connectivity index (χ0v) is 11.3. The SMILES string of the molecule is CC(CCl)CNc1ncc(Br)cc1C(F)(F)F. The predicted molar refractivity (Wildman–Crippen MR) is 65.3 cm³/mol. The fourth-order valence-corrected chi connectivity index (χ4v) is 1.56. The van der Waals surface area contributed by atoms with E-state index in [1.54, 1.807) is 0 Å². The Hall–Kier alpha value is -0.490. The highest BCUT2D eigenvalue weighted by molar-refractivity contribution is 9.10. The summed E-state index contributed by atoms with van der Waals surface area (Å²) in [5.74, 6) is 0.283. The van der Waals surface area contributed by atoms with Crippen molar-refractivity contribution in [2.24, 2.45) is 5.92 Å². The zero-order chi connectivity index (χ0) is 13.1. The highest BCUT2D eigenvalue weighted by Crippen LogP contribution is 2.35. The summed E-state index contributed by atoms with van der Waals surface area (Å²) in [5.41, 5.74) is -0.784. The number of pyridine rings is 1. The van der Waals surface area contributed by atoms with Gasteiger partial charge >= 0.3 is 6.18 Å². The van der Waals surface area contributed by atoms with Gasteiger partial charge in [-0.1, -0.05) is 6.92 Å². The monoisotopic (exact) mass is 330 g/mol. The molecule has 17 heavy (non-hydrogen) atoms. The molecule has 0 aliphatic carbocycles. The lowest BCUT2D eigenvalue weighted by molar-refractivity contribution is -0.137. The van der Waals surface area contributed by atoms with Crippen molar-refractivity contribution < 1.29 is 13.2 Å². The Bertz CT molecular complexity index is 384. The van der Waals surface area contributed by atoms with E-state index in [1.165, 1.54) is 6.20 Å². The number of anilines is 1. The van der Waals surface area contributed by atoms with Gasteiger partial charge in [0.1, 0.15) is 5.82 Å². The van der Waals surface area contributed by atoms with E-state index in [1.807, 2.05) is 6.92 Å². The van der Waals surface area contributed by atoms with Crippen LogP contribution in [0.1, 0.15) is 12.5 Å². The molecule has 0 saturated carbocycles. The number of rotatable bonds is 4. The fraction of sp³-hybridized carbons (Fsp3) is 0.500. The van der Waals surface area contributed by atoms with Gasteiger partial charge in [0.2, 0.25) is 0 Å². The molecule has 1 heterocycles. The van der Waals surface area contributed by atoms with Crippen LogP contribution in [0.4, 0.5) is 19.0 Å². The standard InChI is InChI=1S/C10H11BrClF3N2/c1-6(3-12)4-16-9-8(10(13,14)15)2-7(11)5-17-9/h2,5-6H,3-4H2,1H3,(H,16,17). The smallest absolute Gasteiger partial charge is 0.369 e. The first-order valence-corrected chi connectivity index (χ1v) is 6.20. The van der Waals surface area contributed by atoms with Gasteiger partial charge < -0.3 is 5.32 Å². The summed E-state index contributed by atoms with van der Waals surface area (Å²) >= 11 is 8.55. The van der Waals surface area contributed by atoms with Crippen LogP contribution in [0.5, 0.6) is 0 Å². The maximum absolute atomic E-state index is 12.7. The van der Waals surface area contributed by atoms with Gasteiger partial charge in [0.05, 0.1) is 5.56 Å². The van der Waals surface area contributed by atoms with Gasteiger partial charge in [0, 0.05) is 23.1 Å². The first-order chi connectivity index (χ1) is 7.84. The molecule has 0 aliphatic rings. The third kappa shape index (κ3) is 4.35. The molecule has 1 aromatic heterocycles. The van der Waals surface area contributed by atoms with Gasteiger partial charge in [-0.15, -0.1) is 11.6 Å². The fourth-order valence-electron chi connectivity index (χ4n) is 1.12. The van der Waals surface area contributed by atoms with Crippen LogP contribution in [0.15, 0.2) is 16.7 Å². The van der Waals surface area contributed by atoms with E-state index < -0.39 is 11.7 Å². The van der Waals surface area contributed by atoms with E-state index in [0.717, 1.165) is 6.07 Å². The van der Waals surface area contributed by atoms with Gasteiger partial charge in [-0.2, -0.15) is 13.2 Å². The summed E-state index contributed by atoms with van der Waals surface area (Å²) in [4.78, 5) is 3.73. The average molecular weight is 332 g/mol. The largest absolute Gasteiger partial charge is 0.419 e. The van der Waals surface area contributed by atoms with E-state index in [9.17, 15) is 13.2 Å². The highest BCUT2D eigenvalue weighted by Gasteiger charge is 2.34. The lowest BCUT2D eigenvalue weighted by Crippen LogP contribution is -2.17. The second-order valence-electron chi connectivity index (χ2n) is 3.69. The van der Waals surface area contributed by atoms with Gasteiger partial charge in [0.25, 0.3) is 0 Å². The lowest BCUT2D eigenvalue weighted by atomic mass is 10.2. The summed E-state index contributed by atoms with van der Waals surface area (Å²) in [6.07, 6.45) is -3.10. The molecule has 0 fully saturated rings. The Morgan fingerprint density at radius 2 is 2.18 bits per heavy atom. The van der Waals surface area contributed by atoms with Crippen LogP contribution in [0.3, 0.4) is 0 Å². The first-order valence-electron chi connectivity index (χ1n) is 4.87. The normalized spacial score (nSPS) is 13.5. The highest BCUT2D eigenvalue weighted by atomic mass is 79.9. The molecule has 0 spiro atoms. The Morgan fingerprint density at radius 1 is 1.53 bits per heavy atom. The third-order valence-corrected chi connectivity index (χ3v) is 3.00. The second-order valence-corrected chi connectivity index (χ2v) is 4.91. The second kappa shape index (κ2) is 5.91. The van der Waals surface area contributed by atoms with Crippen LogP contribution in [0.25, 0.3) is 0 Å². The van der Waals surface area contributed by atoms with Crippen LogP contribution in [-0.2, 0) is 6.18 Å². The van der Waals surface area contributed by atoms with Crippen molar-refractivity contribution in [1.29, 1.82) is 0 Å². The maximum atomic E-state index is 12.7. The Labute approximate surface area is 111 Å². The lowest BCUT2D eigenvalue weighted by Gasteiger charge is -2.15. The van der Waals surface area contributed by atoms with Crippen molar-refractivity contribution >= 4 is 33.3 Å². The molecule has 7 heteroatoms. The Balaban J connectivity index is 2.91. The van der Waals surface area contributed by atoms with Gasteiger partial charge in [0.15, 0.2) is 0 Å². The topological polar surface area (TPSA) is 24.9 Å². The van der Waals surface area contributed by atoms with Crippen molar-refractivity contribution in [3.05, 3.63) is 22.3 Å². The van der Waals surface area contributed by atoms with Crippen LogP contribution in [0, 0.1) is 5.92 Å². The van der Waals surface area contributed by atoms with E-state index in [4.69, 9.17) is 11.6 Å². The average Bonchev–Trinajstić information content (AvgIpc) is 2.25. The molecule has 1 unspecified atom stereocenters. The van der Waals surface area contributed by atoms with Crippen molar-refractivity contribution in [3.63, 3.8) is 0 Å². The van der Waals surface area contributed by atoms with Crippen LogP contribution < -0.4 is 5.32 Å². The summed E-state index contributed by atoms with van der Waals surface area (Å²) < 4.78 is 38.4. The molecular weight excluding hydrogens is 320 g/mol. The number of nitrogens with one attached hydrogen (secondary N) is 1. The molecule has 1 N–H and O–H groups in total. The van der Waals surface area contributed by atoms with Crippen LogP contribution in [-0.4, -0.2) is 17.4 Å². The molecule has 1 rings (SSSR count). The molecular formula is C10H11BrClF3N2. The minimum absolute atomic E-state index is 0.0724. The van der Waals surface area contributed by atoms with Crippen molar-refractivity contribution in [3.8, 4) is 0 Å². The molecule has 2 nitrogen and oxygen atoms in total. The number of nitrogens with zero attached hydrogens (tertiary/aromatic N) is 1. The Kier molecular flexibility index (Phi) is 5.06. The zero-order valence-electron chi connectivity index (χ0n) is 8.98. The number of aromatic nitrogens is 1. The molecule has 1 aromatic rings. The quantitative estimate of drug-likeness (QED) is 0.838. The molecule has 0 aromatic carbocycles. The molecule has 1 atom stereocenters. The number of alkyl halides is 4. The van der Waals surface area contributed by atoms with Gasteiger partial charge in [-0.25, -0.2) is 4.98 Å². The predicted octanol–water partition coefficient (Wildman–Crippen LogP) is 4.15. The Morgan fingerprint density at radius 3 is 2.71 bits per heavy atom. The van der Waals surface area contributed by atoms with E-state index in [0.29, 0.717) is 16.9 Å². The molecule has 0 saturated heterocycles. The number of hydrogen-bond acceptors (Lipinski definition) is 2. The molecule has 0 amide bonds. The summed E-state index contributed by atoms with van der Waals surface area (Å²) in [6, 6.07) is 1.00. The summed E-state index contributed by atoms with van der Waals surface area (Å²) in [7, 11) is 0. The molecule has 0 radical (unpaired) electrons. The van der Waals surface area contributed by atoms with E-state index in [-0.39, 0.29) is 11.7 Å². The van der Waals surface area contributed by atoms with Gasteiger partial charge in [-0.05, 0) is 27.9 Å². The summed E-state index contributed by atoms with van der Waals surface area (Å²) in [5, 5.41) is 2.66. The van der Waals surface area contributed by atoms with E-state index >= 15 is 0 Å². The summed E-state index contributed by atoms with van der Waals surface area (Å²) in [6.45, 7) is 2.19. The first kappa shape index (κ1) is 14.6. The minimum atomic E-state index is -4.43. The number of halogens is 5. The van der Waals surface area contributed by atoms with E-state index in [2.05, 4.69) is 26.2 Å². The van der Waals surface area contributed by atoms with Crippen LogP contribution in [0.2, 0.25) is 0 Å². The molecule has 0 bridgehead atoms. The molecule has 96 valence electrons.